The van der Waals surface area contributed by atoms with Gasteiger partial charge in [0.1, 0.15) is 7.11 Å². The van der Waals surface area contributed by atoms with Crippen LogP contribution in [0.1, 0.15) is 39.5 Å². The standard InChI is InChI=1S/C10H19NO/c1-4-5-6-7-8-9-10(2)11-12-3/h8-9H,4-7H2,1-3H3/b9-8+,11-10-. The average Bonchev–Trinajstić information content (AvgIpc) is 2.05. The van der Waals surface area contributed by atoms with Crippen LogP contribution in [0, 0.1) is 0 Å². The van der Waals surface area contributed by atoms with E-state index in [1.807, 2.05) is 13.0 Å². The molecule has 0 fully saturated rings. The first kappa shape index (κ1) is 11.2. The highest BCUT2D eigenvalue weighted by Crippen LogP contribution is 1.99. The van der Waals surface area contributed by atoms with Gasteiger partial charge in [-0.15, -0.1) is 0 Å². The van der Waals surface area contributed by atoms with E-state index in [1.165, 1.54) is 19.3 Å². The molecule has 0 spiro atoms. The van der Waals surface area contributed by atoms with Crippen molar-refractivity contribution in [1.82, 2.24) is 0 Å². The lowest BCUT2D eigenvalue weighted by Gasteiger charge is -1.92. The Balaban J connectivity index is 3.41. The number of nitrogens with zero attached hydrogens (tertiary/aromatic N) is 1. The molecule has 0 unspecified atom stereocenters. The van der Waals surface area contributed by atoms with Crippen LogP contribution in [0.15, 0.2) is 17.3 Å². The van der Waals surface area contributed by atoms with Crippen LogP contribution < -0.4 is 0 Å². The van der Waals surface area contributed by atoms with Crippen LogP contribution in [0.5, 0.6) is 0 Å². The first-order chi connectivity index (χ1) is 5.81. The highest BCUT2D eigenvalue weighted by Gasteiger charge is 1.84. The predicted molar refractivity (Wildman–Crippen MR) is 53.4 cm³/mol. The molecule has 0 aromatic carbocycles. The van der Waals surface area contributed by atoms with E-state index in [9.17, 15) is 0 Å². The highest BCUT2D eigenvalue weighted by atomic mass is 16.6. The smallest absolute Gasteiger partial charge is 0.106 e. The molecule has 12 heavy (non-hydrogen) atoms. The van der Waals surface area contributed by atoms with Gasteiger partial charge in [0.25, 0.3) is 0 Å². The quantitative estimate of drug-likeness (QED) is 0.340. The second kappa shape index (κ2) is 8.31. The third-order valence-corrected chi connectivity index (χ3v) is 1.57. The molecule has 0 amide bonds. The van der Waals surface area contributed by atoms with Gasteiger partial charge in [-0.3, -0.25) is 0 Å². The van der Waals surface area contributed by atoms with Crippen molar-refractivity contribution in [3.8, 4) is 0 Å². The maximum atomic E-state index is 4.62. The van der Waals surface area contributed by atoms with Crippen LogP contribution in [0.3, 0.4) is 0 Å². The Kier molecular flexibility index (Phi) is 7.76. The topological polar surface area (TPSA) is 21.6 Å². The number of rotatable bonds is 6. The van der Waals surface area contributed by atoms with Gasteiger partial charge in [0, 0.05) is 0 Å². The van der Waals surface area contributed by atoms with Crippen molar-refractivity contribution < 1.29 is 4.84 Å². The van der Waals surface area contributed by atoms with Crippen molar-refractivity contribution in [2.75, 3.05) is 7.11 Å². The van der Waals surface area contributed by atoms with E-state index in [4.69, 9.17) is 0 Å². The predicted octanol–water partition coefficient (Wildman–Crippen LogP) is 3.15. The molecular weight excluding hydrogens is 150 g/mol. The fraction of sp³-hybridized carbons (Fsp3) is 0.700. The van der Waals surface area contributed by atoms with Crippen molar-refractivity contribution >= 4 is 5.71 Å². The monoisotopic (exact) mass is 169 g/mol. The summed E-state index contributed by atoms with van der Waals surface area (Å²) < 4.78 is 0. The van der Waals surface area contributed by atoms with E-state index in [0.717, 1.165) is 12.1 Å². The third-order valence-electron chi connectivity index (χ3n) is 1.57. The van der Waals surface area contributed by atoms with E-state index in [-0.39, 0.29) is 0 Å². The van der Waals surface area contributed by atoms with Crippen molar-refractivity contribution in [2.45, 2.75) is 39.5 Å². The van der Waals surface area contributed by atoms with Gasteiger partial charge >= 0.3 is 0 Å². The Morgan fingerprint density at radius 2 is 2.17 bits per heavy atom. The third kappa shape index (κ3) is 7.32. The number of oxime groups is 1. The minimum absolute atomic E-state index is 0.925. The molecule has 70 valence electrons. The van der Waals surface area contributed by atoms with Crippen LogP contribution in [0.25, 0.3) is 0 Å². The van der Waals surface area contributed by atoms with Gasteiger partial charge < -0.3 is 4.84 Å². The first-order valence-corrected chi connectivity index (χ1v) is 4.55. The Morgan fingerprint density at radius 3 is 2.75 bits per heavy atom. The maximum Gasteiger partial charge on any atom is 0.106 e. The summed E-state index contributed by atoms with van der Waals surface area (Å²) in [6, 6.07) is 0. The van der Waals surface area contributed by atoms with Crippen LogP contribution in [0.4, 0.5) is 0 Å². The van der Waals surface area contributed by atoms with E-state index < -0.39 is 0 Å². The fourth-order valence-electron chi connectivity index (χ4n) is 0.940. The molecule has 0 aliphatic heterocycles. The molecular formula is C10H19NO. The summed E-state index contributed by atoms with van der Waals surface area (Å²) in [5.41, 5.74) is 0.925. The van der Waals surface area contributed by atoms with Gasteiger partial charge in [-0.25, -0.2) is 0 Å². The number of unbranched alkanes of at least 4 members (excludes halogenated alkanes) is 3. The lowest BCUT2D eigenvalue weighted by Crippen LogP contribution is -1.84. The molecule has 2 heteroatoms. The van der Waals surface area contributed by atoms with Crippen molar-refractivity contribution in [1.29, 1.82) is 0 Å². The lowest BCUT2D eigenvalue weighted by molar-refractivity contribution is 0.213. The van der Waals surface area contributed by atoms with Crippen molar-refractivity contribution in [3.05, 3.63) is 12.2 Å². The molecule has 0 saturated carbocycles. The summed E-state index contributed by atoms with van der Waals surface area (Å²) >= 11 is 0. The van der Waals surface area contributed by atoms with E-state index >= 15 is 0 Å². The summed E-state index contributed by atoms with van der Waals surface area (Å²) in [7, 11) is 1.56. The summed E-state index contributed by atoms with van der Waals surface area (Å²) in [4.78, 5) is 4.62. The fourth-order valence-corrected chi connectivity index (χ4v) is 0.940. The van der Waals surface area contributed by atoms with Crippen molar-refractivity contribution in [3.63, 3.8) is 0 Å². The molecule has 0 aliphatic rings. The molecule has 0 N–H and O–H groups in total. The van der Waals surface area contributed by atoms with Gasteiger partial charge in [-0.05, 0) is 25.8 Å². The lowest BCUT2D eigenvalue weighted by atomic mass is 10.2. The Hall–Kier alpha value is -0.790. The molecule has 2 nitrogen and oxygen atoms in total. The summed E-state index contributed by atoms with van der Waals surface area (Å²) in [5, 5.41) is 3.77. The second-order valence-electron chi connectivity index (χ2n) is 2.81. The highest BCUT2D eigenvalue weighted by molar-refractivity contribution is 5.92. The molecule has 0 radical (unpaired) electrons. The van der Waals surface area contributed by atoms with Crippen LogP contribution in [0.2, 0.25) is 0 Å². The summed E-state index contributed by atoms with van der Waals surface area (Å²) in [5.74, 6) is 0. The first-order valence-electron chi connectivity index (χ1n) is 4.55. The summed E-state index contributed by atoms with van der Waals surface area (Å²) in [6.07, 6.45) is 9.15. The van der Waals surface area contributed by atoms with Gasteiger partial charge in [0.15, 0.2) is 0 Å². The molecule has 0 heterocycles. The van der Waals surface area contributed by atoms with Gasteiger partial charge in [-0.2, -0.15) is 0 Å². The normalized spacial score (nSPS) is 12.4. The second-order valence-corrected chi connectivity index (χ2v) is 2.81. The van der Waals surface area contributed by atoms with Crippen molar-refractivity contribution in [2.24, 2.45) is 5.16 Å². The van der Waals surface area contributed by atoms with E-state index in [0.29, 0.717) is 0 Å². The molecule has 0 aromatic rings. The minimum atomic E-state index is 0.925. The molecule has 0 bridgehead atoms. The number of hydrogen-bond donors (Lipinski definition) is 0. The van der Waals surface area contributed by atoms with Gasteiger partial charge in [0.2, 0.25) is 0 Å². The average molecular weight is 169 g/mol. The van der Waals surface area contributed by atoms with E-state index in [2.05, 4.69) is 23.0 Å². The van der Waals surface area contributed by atoms with Crippen LogP contribution in [-0.4, -0.2) is 12.8 Å². The minimum Gasteiger partial charge on any atom is -0.399 e. The largest absolute Gasteiger partial charge is 0.399 e. The molecule has 0 rings (SSSR count). The zero-order chi connectivity index (χ0) is 9.23. The molecule has 0 aliphatic carbocycles. The zero-order valence-corrected chi connectivity index (χ0v) is 8.34. The summed E-state index contributed by atoms with van der Waals surface area (Å²) in [6.45, 7) is 4.14. The molecule has 0 atom stereocenters. The number of hydrogen-bond acceptors (Lipinski definition) is 2. The number of allylic oxidation sites excluding steroid dienone is 2. The SMILES string of the molecule is CCCCC/C=C/C(C)=N\OC. The van der Waals surface area contributed by atoms with E-state index in [1.54, 1.807) is 7.11 Å². The van der Waals surface area contributed by atoms with Gasteiger partial charge in [0.05, 0.1) is 5.71 Å². The Morgan fingerprint density at radius 1 is 1.42 bits per heavy atom. The van der Waals surface area contributed by atoms with Crippen LogP contribution >= 0.6 is 0 Å². The Bertz CT molecular complexity index is 150. The van der Waals surface area contributed by atoms with Gasteiger partial charge in [-0.1, -0.05) is 31.0 Å². The Labute approximate surface area is 75.3 Å². The van der Waals surface area contributed by atoms with Crippen LogP contribution in [-0.2, 0) is 4.84 Å². The maximum absolute atomic E-state index is 4.62. The zero-order valence-electron chi connectivity index (χ0n) is 8.34. The molecule has 0 aromatic heterocycles. The molecule has 0 saturated heterocycles.